The lowest BCUT2D eigenvalue weighted by atomic mass is 10.2. The van der Waals surface area contributed by atoms with Crippen LogP contribution in [0.3, 0.4) is 0 Å². The summed E-state index contributed by atoms with van der Waals surface area (Å²) in [6.07, 6.45) is 1.67. The van der Waals surface area contributed by atoms with E-state index in [-0.39, 0.29) is 0 Å². The predicted octanol–water partition coefficient (Wildman–Crippen LogP) is -0.140. The van der Waals surface area contributed by atoms with Gasteiger partial charge in [-0.25, -0.2) is 0 Å². The van der Waals surface area contributed by atoms with E-state index in [2.05, 4.69) is 20.8 Å². The number of nitrogens with one attached hydrogen (secondary N) is 2. The molecule has 0 saturated carbocycles. The van der Waals surface area contributed by atoms with Gasteiger partial charge in [0.25, 0.3) is 0 Å². The van der Waals surface area contributed by atoms with Gasteiger partial charge < -0.3 is 10.6 Å². The van der Waals surface area contributed by atoms with Crippen molar-refractivity contribution in [2.24, 2.45) is 0 Å². The van der Waals surface area contributed by atoms with E-state index < -0.39 is 0 Å². The first-order chi connectivity index (χ1) is 5.45. The molecule has 1 saturated heterocycles. The molecule has 2 N–H and O–H groups in total. The summed E-state index contributed by atoms with van der Waals surface area (Å²) in [5, 5.41) is 14.1. The Kier molecular flexibility index (Phi) is 1.69. The first-order valence-corrected chi connectivity index (χ1v) is 3.70. The van der Waals surface area contributed by atoms with Crippen LogP contribution in [0.15, 0.2) is 18.3 Å². The monoisotopic (exact) mass is 150 g/mol. The Hall–Kier alpha value is -1.16. The molecule has 0 spiro atoms. The molecule has 1 aliphatic heterocycles. The largest absolute Gasteiger partial charge is 0.363 e. The van der Waals surface area contributed by atoms with E-state index in [9.17, 15) is 0 Å². The van der Waals surface area contributed by atoms with Crippen LogP contribution in [-0.2, 0) is 0 Å². The first kappa shape index (κ1) is 6.54. The zero-order valence-electron chi connectivity index (χ0n) is 6.12. The van der Waals surface area contributed by atoms with Gasteiger partial charge in [0.1, 0.15) is 5.82 Å². The number of anilines is 1. The van der Waals surface area contributed by atoms with Gasteiger partial charge in [-0.2, -0.15) is 5.10 Å². The van der Waals surface area contributed by atoms with Crippen LogP contribution in [0, 0.1) is 0 Å². The van der Waals surface area contributed by atoms with Crippen LogP contribution in [0.4, 0.5) is 5.82 Å². The Morgan fingerprint density at radius 3 is 3.00 bits per heavy atom. The van der Waals surface area contributed by atoms with E-state index in [0.717, 1.165) is 18.9 Å². The van der Waals surface area contributed by atoms with E-state index in [1.165, 1.54) is 0 Å². The summed E-state index contributed by atoms with van der Waals surface area (Å²) in [4.78, 5) is 0. The molecule has 0 aromatic carbocycles. The predicted molar refractivity (Wildman–Crippen MR) is 42.3 cm³/mol. The molecule has 4 heteroatoms. The SMILES string of the molecule is c1cnnc(NC2CNC2)c1. The quantitative estimate of drug-likeness (QED) is 0.616. The van der Waals surface area contributed by atoms with Gasteiger partial charge in [-0.3, -0.25) is 0 Å². The molecule has 4 nitrogen and oxygen atoms in total. The highest BCUT2D eigenvalue weighted by molar-refractivity contribution is 5.33. The first-order valence-electron chi connectivity index (χ1n) is 3.70. The third-order valence-corrected chi connectivity index (χ3v) is 1.71. The van der Waals surface area contributed by atoms with Crippen molar-refractivity contribution >= 4 is 5.82 Å². The second kappa shape index (κ2) is 2.84. The Balaban J connectivity index is 1.95. The lowest BCUT2D eigenvalue weighted by Gasteiger charge is -2.27. The highest BCUT2D eigenvalue weighted by Gasteiger charge is 2.15. The highest BCUT2D eigenvalue weighted by Crippen LogP contribution is 2.03. The Morgan fingerprint density at radius 1 is 1.55 bits per heavy atom. The molecule has 0 radical (unpaired) electrons. The molecule has 1 aromatic rings. The van der Waals surface area contributed by atoms with Gasteiger partial charge >= 0.3 is 0 Å². The van der Waals surface area contributed by atoms with Gasteiger partial charge in [-0.1, -0.05) is 0 Å². The molecule has 1 fully saturated rings. The molecule has 0 unspecified atom stereocenters. The topological polar surface area (TPSA) is 49.8 Å². The fourth-order valence-corrected chi connectivity index (χ4v) is 0.978. The van der Waals surface area contributed by atoms with Crippen LogP contribution < -0.4 is 10.6 Å². The van der Waals surface area contributed by atoms with E-state index in [0.29, 0.717) is 6.04 Å². The summed E-state index contributed by atoms with van der Waals surface area (Å²) in [6.45, 7) is 2.05. The third-order valence-electron chi connectivity index (χ3n) is 1.71. The smallest absolute Gasteiger partial charge is 0.148 e. The van der Waals surface area contributed by atoms with Gasteiger partial charge in [-0.05, 0) is 12.1 Å². The number of hydrogen-bond acceptors (Lipinski definition) is 4. The van der Waals surface area contributed by atoms with Gasteiger partial charge in [0.15, 0.2) is 0 Å². The lowest BCUT2D eigenvalue weighted by molar-refractivity contribution is 0.470. The molecule has 0 amide bonds. The van der Waals surface area contributed by atoms with Gasteiger partial charge in [0.2, 0.25) is 0 Å². The molecule has 58 valence electrons. The van der Waals surface area contributed by atoms with Crippen LogP contribution in [0.1, 0.15) is 0 Å². The third kappa shape index (κ3) is 1.46. The molecule has 2 heterocycles. The minimum atomic E-state index is 0.534. The van der Waals surface area contributed by atoms with Crippen molar-refractivity contribution in [1.29, 1.82) is 0 Å². The minimum absolute atomic E-state index is 0.534. The Bertz CT molecular complexity index is 219. The van der Waals surface area contributed by atoms with Crippen LogP contribution in [-0.4, -0.2) is 29.3 Å². The van der Waals surface area contributed by atoms with Gasteiger partial charge in [-0.15, -0.1) is 5.10 Å². The minimum Gasteiger partial charge on any atom is -0.363 e. The molecule has 11 heavy (non-hydrogen) atoms. The van der Waals surface area contributed by atoms with E-state index in [4.69, 9.17) is 0 Å². The van der Waals surface area contributed by atoms with Crippen molar-refractivity contribution in [3.63, 3.8) is 0 Å². The zero-order valence-corrected chi connectivity index (χ0v) is 6.12. The van der Waals surface area contributed by atoms with Crippen LogP contribution in [0.2, 0.25) is 0 Å². The van der Waals surface area contributed by atoms with Crippen molar-refractivity contribution in [3.05, 3.63) is 18.3 Å². The molecular formula is C7H10N4. The van der Waals surface area contributed by atoms with Crippen LogP contribution >= 0.6 is 0 Å². The summed E-state index contributed by atoms with van der Waals surface area (Å²) >= 11 is 0. The second-order valence-electron chi connectivity index (χ2n) is 2.61. The number of rotatable bonds is 2. The molecule has 0 atom stereocenters. The molecule has 1 aromatic heterocycles. The number of aromatic nitrogens is 2. The van der Waals surface area contributed by atoms with E-state index >= 15 is 0 Å². The summed E-state index contributed by atoms with van der Waals surface area (Å²) in [5.41, 5.74) is 0. The Labute approximate surface area is 65.0 Å². The van der Waals surface area contributed by atoms with Crippen molar-refractivity contribution in [1.82, 2.24) is 15.5 Å². The van der Waals surface area contributed by atoms with Crippen molar-refractivity contribution < 1.29 is 0 Å². The number of hydrogen-bond donors (Lipinski definition) is 2. The maximum absolute atomic E-state index is 3.91. The maximum atomic E-state index is 3.91. The van der Waals surface area contributed by atoms with Crippen molar-refractivity contribution in [3.8, 4) is 0 Å². The molecule has 0 bridgehead atoms. The molecule has 1 aliphatic rings. The lowest BCUT2D eigenvalue weighted by Crippen LogP contribution is -2.51. The summed E-state index contributed by atoms with van der Waals surface area (Å²) < 4.78 is 0. The van der Waals surface area contributed by atoms with Crippen LogP contribution in [0.25, 0.3) is 0 Å². The highest BCUT2D eigenvalue weighted by atomic mass is 15.2. The summed E-state index contributed by atoms with van der Waals surface area (Å²) in [5.74, 6) is 0.860. The van der Waals surface area contributed by atoms with Gasteiger partial charge in [0, 0.05) is 19.3 Å². The van der Waals surface area contributed by atoms with Crippen LogP contribution in [0.5, 0.6) is 0 Å². The molecular weight excluding hydrogens is 140 g/mol. The fourth-order valence-electron chi connectivity index (χ4n) is 0.978. The molecule has 0 aliphatic carbocycles. The maximum Gasteiger partial charge on any atom is 0.148 e. The van der Waals surface area contributed by atoms with E-state index in [1.54, 1.807) is 6.20 Å². The average molecular weight is 150 g/mol. The Morgan fingerprint density at radius 2 is 2.45 bits per heavy atom. The fraction of sp³-hybridized carbons (Fsp3) is 0.429. The second-order valence-corrected chi connectivity index (χ2v) is 2.61. The standard InChI is InChI=1S/C7H10N4/c1-2-7(11-9-3-1)10-6-4-8-5-6/h1-3,6,8H,4-5H2,(H,10,11). The van der Waals surface area contributed by atoms with Crippen molar-refractivity contribution in [2.75, 3.05) is 18.4 Å². The average Bonchev–Trinajstić information content (AvgIpc) is 1.99. The number of nitrogens with zero attached hydrogens (tertiary/aromatic N) is 2. The van der Waals surface area contributed by atoms with E-state index in [1.807, 2.05) is 12.1 Å². The summed E-state index contributed by atoms with van der Waals surface area (Å²) in [7, 11) is 0. The summed E-state index contributed by atoms with van der Waals surface area (Å²) in [6, 6.07) is 4.33. The molecule has 2 rings (SSSR count). The zero-order chi connectivity index (χ0) is 7.52. The van der Waals surface area contributed by atoms with Gasteiger partial charge in [0.05, 0.1) is 6.04 Å². The van der Waals surface area contributed by atoms with Crippen molar-refractivity contribution in [2.45, 2.75) is 6.04 Å². The normalized spacial score (nSPS) is 17.5.